The number of fused-ring (bicyclic) bond motifs is 2. The number of anilines is 3. The molecule has 1 saturated carbocycles. The van der Waals surface area contributed by atoms with E-state index in [-0.39, 0.29) is 47.9 Å². The second-order valence-corrected chi connectivity index (χ2v) is 17.6. The maximum Gasteiger partial charge on any atom is 0.433 e. The number of carbonyl (C=O) groups excluding carboxylic acids is 5. The van der Waals surface area contributed by atoms with Gasteiger partial charge < -0.3 is 29.9 Å². The Balaban J connectivity index is 0.713. The summed E-state index contributed by atoms with van der Waals surface area (Å²) < 4.78 is 52.3. The molecule has 5 aliphatic rings. The van der Waals surface area contributed by atoms with Crippen LogP contribution in [0.4, 0.5) is 29.7 Å². The van der Waals surface area contributed by atoms with E-state index in [0.717, 1.165) is 98.1 Å². The zero-order valence-electron chi connectivity index (χ0n) is 33.8. The molecule has 5 amide bonds. The second-order valence-electron chi connectivity index (χ2n) is 16.6. The minimum Gasteiger partial charge on any atom is -0.494 e. The summed E-state index contributed by atoms with van der Waals surface area (Å²) in [6, 6.07) is 10.8. The summed E-state index contributed by atoms with van der Waals surface area (Å²) in [7, 11) is 1.45. The Hall–Kier alpha value is -5.66. The number of carbonyl (C=O) groups is 5. The van der Waals surface area contributed by atoms with Gasteiger partial charge in [0, 0.05) is 56.9 Å². The Labute approximate surface area is 358 Å². The first kappa shape index (κ1) is 41.7. The molecule has 9 rings (SSSR count). The van der Waals surface area contributed by atoms with Crippen LogP contribution in [0.2, 0.25) is 0 Å². The predicted molar refractivity (Wildman–Crippen MR) is 222 cm³/mol. The highest BCUT2D eigenvalue weighted by molar-refractivity contribution is 7.22. The number of benzene rings is 2. The number of rotatable bonds is 11. The third-order valence-corrected chi connectivity index (χ3v) is 13.5. The monoisotopic (exact) mass is 874 g/mol. The molecule has 3 N–H and O–H groups in total. The Morgan fingerprint density at radius 2 is 1.66 bits per heavy atom. The van der Waals surface area contributed by atoms with Gasteiger partial charge >= 0.3 is 6.18 Å². The minimum atomic E-state index is -4.67. The molecule has 326 valence electrons. The number of halogens is 3. The van der Waals surface area contributed by atoms with Crippen LogP contribution in [0.15, 0.2) is 48.5 Å². The molecule has 19 heteroatoms. The number of hydrogen-bond donors (Lipinski definition) is 3. The number of likely N-dealkylation sites (tertiary alicyclic amines) is 1. The molecular formula is C43H45F3N8O7S. The van der Waals surface area contributed by atoms with Crippen LogP contribution in [0.25, 0.3) is 10.2 Å². The van der Waals surface area contributed by atoms with Gasteiger partial charge in [0.25, 0.3) is 17.7 Å². The van der Waals surface area contributed by atoms with Crippen molar-refractivity contribution in [3.05, 3.63) is 71.0 Å². The number of thiazole rings is 1. The van der Waals surface area contributed by atoms with E-state index in [0.29, 0.717) is 28.6 Å². The molecule has 3 saturated heterocycles. The maximum atomic E-state index is 13.5. The first-order valence-corrected chi connectivity index (χ1v) is 21.7. The standard InChI is InChI=1S/C43H45F3N8O7S/c1-60-33-20-31-34(21-30(33)49-38(56)29-6-3-7-35(48-29)43(44,45)46)62-42(50-31)53-16-10-23(11-17-53)22-52-14-12-25(13-15-52)61-26-18-24(19-26)47-28-5-2-4-27-37(28)41(59)54(40(27)58)32-8-9-36(55)51-39(32)57/h2-7,20-21,23-26,32,47H,8-19,22H2,1H3,(H,49,56)(H,51,55,57). The molecule has 1 atom stereocenters. The first-order chi connectivity index (χ1) is 29.8. The van der Waals surface area contributed by atoms with Crippen molar-refractivity contribution < 1.29 is 46.6 Å². The fourth-order valence-corrected chi connectivity index (χ4v) is 10.1. The van der Waals surface area contributed by atoms with Crippen LogP contribution in [-0.2, 0) is 20.5 Å². The van der Waals surface area contributed by atoms with Crippen molar-refractivity contribution >= 4 is 67.6 Å². The highest BCUT2D eigenvalue weighted by Crippen LogP contribution is 2.39. The highest BCUT2D eigenvalue weighted by Gasteiger charge is 2.46. The fourth-order valence-electron chi connectivity index (χ4n) is 9.07. The Morgan fingerprint density at radius 3 is 2.39 bits per heavy atom. The number of ether oxygens (including phenoxy) is 2. The first-order valence-electron chi connectivity index (χ1n) is 20.9. The van der Waals surface area contributed by atoms with Crippen molar-refractivity contribution in [1.29, 1.82) is 0 Å². The van der Waals surface area contributed by atoms with Crippen LogP contribution >= 0.6 is 11.3 Å². The molecule has 4 aromatic rings. The van der Waals surface area contributed by atoms with E-state index in [9.17, 15) is 37.1 Å². The Kier molecular flexibility index (Phi) is 11.4. The topological polar surface area (TPSA) is 175 Å². The minimum absolute atomic E-state index is 0.0687. The van der Waals surface area contributed by atoms with E-state index >= 15 is 0 Å². The van der Waals surface area contributed by atoms with Gasteiger partial charge in [0.05, 0.1) is 46.3 Å². The van der Waals surface area contributed by atoms with Gasteiger partial charge in [-0.1, -0.05) is 23.5 Å². The lowest BCUT2D eigenvalue weighted by Crippen LogP contribution is -2.54. The van der Waals surface area contributed by atoms with Crippen molar-refractivity contribution in [2.75, 3.05) is 55.4 Å². The number of aromatic nitrogens is 2. The number of alkyl halides is 3. The molecule has 6 heterocycles. The van der Waals surface area contributed by atoms with Crippen molar-refractivity contribution in [2.45, 2.75) is 81.8 Å². The number of nitrogens with zero attached hydrogens (tertiary/aromatic N) is 5. The SMILES string of the molecule is COc1cc2nc(N3CCC(CN4CCC(OC5CC(Nc6cccc7c6C(=O)N(C6CCC(=O)NC6=O)C7=O)C5)CC4)CC3)sc2cc1NC(=O)c1cccc(C(F)(F)F)n1. The summed E-state index contributed by atoms with van der Waals surface area (Å²) >= 11 is 1.49. The zero-order valence-corrected chi connectivity index (χ0v) is 34.7. The number of amides is 5. The van der Waals surface area contributed by atoms with Crippen LogP contribution in [0.1, 0.15) is 88.3 Å². The van der Waals surface area contributed by atoms with Gasteiger partial charge in [0.2, 0.25) is 11.8 Å². The lowest BCUT2D eigenvalue weighted by molar-refractivity contribution is -0.141. The van der Waals surface area contributed by atoms with Crippen LogP contribution in [-0.4, -0.2) is 113 Å². The van der Waals surface area contributed by atoms with Crippen molar-refractivity contribution in [3.63, 3.8) is 0 Å². The van der Waals surface area contributed by atoms with E-state index in [1.165, 1.54) is 24.5 Å². The van der Waals surface area contributed by atoms with Crippen molar-refractivity contribution in [2.24, 2.45) is 5.92 Å². The van der Waals surface area contributed by atoms with Crippen LogP contribution in [0.3, 0.4) is 0 Å². The number of piperidine rings is 3. The van der Waals surface area contributed by atoms with Crippen molar-refractivity contribution in [1.82, 2.24) is 25.1 Å². The average molecular weight is 875 g/mol. The lowest BCUT2D eigenvalue weighted by Gasteiger charge is -2.41. The summed E-state index contributed by atoms with van der Waals surface area (Å²) in [6.45, 7) is 4.68. The van der Waals surface area contributed by atoms with Gasteiger partial charge in [0.1, 0.15) is 23.2 Å². The molecule has 0 radical (unpaired) electrons. The smallest absolute Gasteiger partial charge is 0.433 e. The van der Waals surface area contributed by atoms with Gasteiger partial charge in [-0.05, 0) is 81.2 Å². The molecule has 2 aromatic heterocycles. The summed E-state index contributed by atoms with van der Waals surface area (Å²) in [5, 5.41) is 9.19. The van der Waals surface area contributed by atoms with Gasteiger partial charge in [0.15, 0.2) is 5.13 Å². The summed E-state index contributed by atoms with van der Waals surface area (Å²) in [5.74, 6) is -1.98. The van der Waals surface area contributed by atoms with Gasteiger partial charge in [-0.2, -0.15) is 13.2 Å². The molecule has 1 unspecified atom stereocenters. The quantitative estimate of drug-likeness (QED) is 0.157. The van der Waals surface area contributed by atoms with Gasteiger partial charge in [-0.3, -0.25) is 34.2 Å². The van der Waals surface area contributed by atoms with Crippen molar-refractivity contribution in [3.8, 4) is 5.75 Å². The predicted octanol–water partition coefficient (Wildman–Crippen LogP) is 5.71. The number of hydrogen-bond acceptors (Lipinski definition) is 13. The molecule has 15 nitrogen and oxygen atoms in total. The highest BCUT2D eigenvalue weighted by atomic mass is 32.1. The van der Waals surface area contributed by atoms with Gasteiger partial charge in [-0.25, -0.2) is 9.97 Å². The average Bonchev–Trinajstić information content (AvgIpc) is 3.77. The van der Waals surface area contributed by atoms with E-state index in [4.69, 9.17) is 14.5 Å². The molecule has 1 aliphatic carbocycles. The maximum absolute atomic E-state index is 13.5. The van der Waals surface area contributed by atoms with E-state index in [1.54, 1.807) is 30.3 Å². The number of pyridine rings is 1. The van der Waals surface area contributed by atoms with Crippen LogP contribution < -0.4 is 25.6 Å². The Morgan fingerprint density at radius 1 is 0.903 bits per heavy atom. The number of methoxy groups -OCH3 is 1. The Bertz CT molecular complexity index is 2430. The molecule has 2 aromatic carbocycles. The third kappa shape index (κ3) is 8.44. The zero-order chi connectivity index (χ0) is 43.3. The molecule has 62 heavy (non-hydrogen) atoms. The molecular weight excluding hydrogens is 830 g/mol. The summed E-state index contributed by atoms with van der Waals surface area (Å²) in [5.41, 5.74) is 0.596. The fraction of sp³-hybridized carbons (Fsp3) is 0.465. The summed E-state index contributed by atoms with van der Waals surface area (Å²) in [6.07, 6.45) is 1.33. The van der Waals surface area contributed by atoms with E-state index < -0.39 is 47.4 Å². The number of nitrogens with one attached hydrogen (secondary N) is 3. The third-order valence-electron chi connectivity index (χ3n) is 12.5. The summed E-state index contributed by atoms with van der Waals surface area (Å²) in [4.78, 5) is 77.8. The van der Waals surface area contributed by atoms with Crippen LogP contribution in [0, 0.1) is 5.92 Å². The van der Waals surface area contributed by atoms with Gasteiger partial charge in [-0.15, -0.1) is 0 Å². The molecule has 0 bridgehead atoms. The lowest BCUT2D eigenvalue weighted by atomic mass is 9.88. The molecule has 0 spiro atoms. The molecule has 4 aliphatic heterocycles. The number of imide groups is 2. The van der Waals surface area contributed by atoms with E-state index in [1.807, 2.05) is 0 Å². The van der Waals surface area contributed by atoms with E-state index in [2.05, 4.69) is 30.7 Å². The van der Waals surface area contributed by atoms with Crippen LogP contribution in [0.5, 0.6) is 5.75 Å². The molecule has 4 fully saturated rings. The normalized spacial score (nSPS) is 22.7. The second kappa shape index (κ2) is 16.9. The largest absolute Gasteiger partial charge is 0.494 e.